The number of aryl methyl sites for hydroxylation is 3. The Morgan fingerprint density at radius 1 is 1.08 bits per heavy atom. The van der Waals surface area contributed by atoms with Gasteiger partial charge >= 0.3 is 0 Å². The first-order chi connectivity index (χ1) is 5.24. The lowest BCUT2D eigenvalue weighted by Crippen LogP contribution is -1.86. The average molecular weight is 164 g/mol. The van der Waals surface area contributed by atoms with E-state index in [1.807, 2.05) is 0 Å². The number of rotatable bonds is 2. The zero-order valence-electron chi connectivity index (χ0n) is 7.65. The molecule has 0 aliphatic rings. The summed E-state index contributed by atoms with van der Waals surface area (Å²) < 4.78 is 0. The molecule has 0 bridgehead atoms. The molecule has 1 aromatic carbocycles. The fraction of sp³-hybridized carbons (Fsp3) is 0.500. The third kappa shape index (κ3) is 2.69. The van der Waals surface area contributed by atoms with Gasteiger partial charge in [0.1, 0.15) is 0 Å². The Morgan fingerprint density at radius 3 is 2.25 bits per heavy atom. The van der Waals surface area contributed by atoms with E-state index in [2.05, 4.69) is 39.0 Å². The highest BCUT2D eigenvalue weighted by Crippen LogP contribution is 2.10. The van der Waals surface area contributed by atoms with Gasteiger partial charge in [0.25, 0.3) is 0 Å². The van der Waals surface area contributed by atoms with Crippen molar-refractivity contribution in [2.75, 3.05) is 0 Å². The van der Waals surface area contributed by atoms with Crippen LogP contribution in [0, 0.1) is 13.8 Å². The predicted octanol–water partition coefficient (Wildman–Crippen LogP) is 3.89. The van der Waals surface area contributed by atoms with Gasteiger partial charge in [-0.3, -0.25) is 0 Å². The molecule has 68 valence electrons. The molecular weight excluding hydrogens is 144 g/mol. The van der Waals surface area contributed by atoms with Crippen LogP contribution in [0.5, 0.6) is 0 Å². The van der Waals surface area contributed by atoms with Crippen molar-refractivity contribution < 1.29 is 0 Å². The van der Waals surface area contributed by atoms with Gasteiger partial charge in [0, 0.05) is 0 Å². The summed E-state index contributed by atoms with van der Waals surface area (Å²) in [6.07, 6.45) is 2.45. The summed E-state index contributed by atoms with van der Waals surface area (Å²) in [6, 6.07) is 6.73. The molecule has 0 N–H and O–H groups in total. The molecule has 0 fully saturated rings. The number of hydrogen-bond donors (Lipinski definition) is 0. The second-order valence-electron chi connectivity index (χ2n) is 3.17. The number of hydrogen-bond acceptors (Lipinski definition) is 0. The van der Waals surface area contributed by atoms with E-state index in [9.17, 15) is 0 Å². The first-order valence-corrected chi connectivity index (χ1v) is 4.30. The normalized spacial score (nSPS) is 9.25. The van der Waals surface area contributed by atoms with Crippen LogP contribution < -0.4 is 0 Å². The van der Waals surface area contributed by atoms with Crippen LogP contribution in [0.25, 0.3) is 0 Å². The van der Waals surface area contributed by atoms with Crippen LogP contribution in [0.1, 0.15) is 37.5 Å². The molecule has 0 aliphatic carbocycles. The van der Waals surface area contributed by atoms with E-state index < -0.39 is 0 Å². The van der Waals surface area contributed by atoms with Gasteiger partial charge in [-0.25, -0.2) is 0 Å². The Morgan fingerprint density at radius 2 is 1.75 bits per heavy atom. The van der Waals surface area contributed by atoms with Gasteiger partial charge in [-0.1, -0.05) is 39.0 Å². The fourth-order valence-corrected chi connectivity index (χ4v) is 1.25. The van der Waals surface area contributed by atoms with Crippen LogP contribution >= 0.6 is 0 Å². The molecule has 1 aromatic rings. The lowest BCUT2D eigenvalue weighted by molar-refractivity contribution is 0.919. The molecule has 0 spiro atoms. The van der Waals surface area contributed by atoms with E-state index in [-0.39, 0.29) is 7.43 Å². The van der Waals surface area contributed by atoms with Crippen molar-refractivity contribution in [1.29, 1.82) is 0 Å². The molecule has 0 heteroatoms. The fourth-order valence-electron chi connectivity index (χ4n) is 1.25. The van der Waals surface area contributed by atoms with Gasteiger partial charge in [-0.15, -0.1) is 0 Å². The molecule has 0 nitrogen and oxygen atoms in total. The van der Waals surface area contributed by atoms with Crippen molar-refractivity contribution in [3.8, 4) is 0 Å². The van der Waals surface area contributed by atoms with E-state index in [0.29, 0.717) is 0 Å². The van der Waals surface area contributed by atoms with Gasteiger partial charge in [-0.05, 0) is 37.0 Å². The van der Waals surface area contributed by atoms with Crippen LogP contribution in [-0.4, -0.2) is 0 Å². The smallest absolute Gasteiger partial charge is 0.0281 e. The summed E-state index contributed by atoms with van der Waals surface area (Å²) in [4.78, 5) is 0. The first kappa shape index (κ1) is 11.2. The highest BCUT2D eigenvalue weighted by atomic mass is 14.0. The SMILES string of the molecule is C.CCCc1ccc(C)c(C)c1. The van der Waals surface area contributed by atoms with E-state index in [4.69, 9.17) is 0 Å². The topological polar surface area (TPSA) is 0 Å². The molecule has 0 unspecified atom stereocenters. The number of benzene rings is 1. The zero-order chi connectivity index (χ0) is 8.27. The Hall–Kier alpha value is -0.780. The third-order valence-corrected chi connectivity index (χ3v) is 2.11. The molecule has 0 saturated heterocycles. The second kappa shape index (κ2) is 4.97. The van der Waals surface area contributed by atoms with Crippen LogP contribution in [-0.2, 0) is 6.42 Å². The van der Waals surface area contributed by atoms with Crippen LogP contribution in [0.3, 0.4) is 0 Å². The van der Waals surface area contributed by atoms with Crippen molar-refractivity contribution in [2.45, 2.75) is 41.0 Å². The van der Waals surface area contributed by atoms with Crippen molar-refractivity contribution in [3.05, 3.63) is 34.9 Å². The Balaban J connectivity index is 0.00000121. The lowest BCUT2D eigenvalue weighted by atomic mass is 10.0. The summed E-state index contributed by atoms with van der Waals surface area (Å²) in [5.41, 5.74) is 4.27. The predicted molar refractivity (Wildman–Crippen MR) is 56.6 cm³/mol. The largest absolute Gasteiger partial charge is 0.0776 e. The van der Waals surface area contributed by atoms with Gasteiger partial charge in [0.2, 0.25) is 0 Å². The van der Waals surface area contributed by atoms with E-state index in [0.717, 1.165) is 0 Å². The van der Waals surface area contributed by atoms with Crippen molar-refractivity contribution in [1.82, 2.24) is 0 Å². The average Bonchev–Trinajstić information content (AvgIpc) is 1.98. The minimum atomic E-state index is 0. The zero-order valence-corrected chi connectivity index (χ0v) is 7.65. The van der Waals surface area contributed by atoms with Crippen molar-refractivity contribution in [3.63, 3.8) is 0 Å². The molecule has 12 heavy (non-hydrogen) atoms. The first-order valence-electron chi connectivity index (χ1n) is 4.30. The minimum absolute atomic E-state index is 0. The molecule has 1 rings (SSSR count). The molecule has 0 radical (unpaired) electrons. The molecule has 0 saturated carbocycles. The quantitative estimate of drug-likeness (QED) is 0.622. The van der Waals surface area contributed by atoms with Gasteiger partial charge in [-0.2, -0.15) is 0 Å². The monoisotopic (exact) mass is 164 g/mol. The van der Waals surface area contributed by atoms with E-state index in [1.165, 1.54) is 29.5 Å². The summed E-state index contributed by atoms with van der Waals surface area (Å²) in [6.45, 7) is 6.55. The minimum Gasteiger partial charge on any atom is -0.0776 e. The summed E-state index contributed by atoms with van der Waals surface area (Å²) in [5, 5.41) is 0. The maximum atomic E-state index is 2.29. The summed E-state index contributed by atoms with van der Waals surface area (Å²) in [7, 11) is 0. The standard InChI is InChI=1S/C11H16.CH4/c1-4-5-11-7-6-9(2)10(3)8-11;/h6-8H,4-5H2,1-3H3;1H4. The second-order valence-corrected chi connectivity index (χ2v) is 3.17. The molecule has 0 atom stereocenters. The van der Waals surface area contributed by atoms with Gasteiger partial charge < -0.3 is 0 Å². The van der Waals surface area contributed by atoms with E-state index in [1.54, 1.807) is 0 Å². The highest BCUT2D eigenvalue weighted by molar-refractivity contribution is 5.29. The van der Waals surface area contributed by atoms with E-state index >= 15 is 0 Å². The Labute approximate surface area is 76.6 Å². The van der Waals surface area contributed by atoms with Gasteiger partial charge in [0.05, 0.1) is 0 Å². The maximum Gasteiger partial charge on any atom is -0.0281 e. The summed E-state index contributed by atoms with van der Waals surface area (Å²) in [5.74, 6) is 0. The van der Waals surface area contributed by atoms with Crippen LogP contribution in [0.4, 0.5) is 0 Å². The summed E-state index contributed by atoms with van der Waals surface area (Å²) >= 11 is 0. The highest BCUT2D eigenvalue weighted by Gasteiger charge is 1.93. The Kier molecular flexibility index (Phi) is 4.65. The van der Waals surface area contributed by atoms with Crippen molar-refractivity contribution >= 4 is 0 Å². The molecule has 0 amide bonds. The van der Waals surface area contributed by atoms with Gasteiger partial charge in [0.15, 0.2) is 0 Å². The molecule has 0 heterocycles. The molecular formula is C12H20. The third-order valence-electron chi connectivity index (χ3n) is 2.11. The lowest BCUT2D eigenvalue weighted by Gasteiger charge is -2.02. The Bertz CT molecular complexity index is 236. The maximum absolute atomic E-state index is 2.29. The molecule has 0 aromatic heterocycles. The van der Waals surface area contributed by atoms with Crippen LogP contribution in [0.15, 0.2) is 18.2 Å². The molecule has 0 aliphatic heterocycles. The van der Waals surface area contributed by atoms with Crippen molar-refractivity contribution in [2.24, 2.45) is 0 Å². The van der Waals surface area contributed by atoms with Crippen LogP contribution in [0.2, 0.25) is 0 Å².